The monoisotopic (exact) mass is 279 g/mol. The van der Waals surface area contributed by atoms with Gasteiger partial charge >= 0.3 is 0 Å². The van der Waals surface area contributed by atoms with Crippen LogP contribution in [0.4, 0.5) is 5.69 Å². The molecule has 1 nitrogen and oxygen atoms in total. The Morgan fingerprint density at radius 2 is 1.50 bits per heavy atom. The van der Waals surface area contributed by atoms with Crippen molar-refractivity contribution in [2.75, 3.05) is 5.32 Å². The lowest BCUT2D eigenvalue weighted by Gasteiger charge is -2.14. The molecule has 0 aliphatic rings. The number of hydrogen-bond acceptors (Lipinski definition) is 2. The molecule has 3 aromatic rings. The van der Waals surface area contributed by atoms with E-state index < -0.39 is 0 Å². The summed E-state index contributed by atoms with van der Waals surface area (Å²) in [5, 5.41) is 5.65. The highest BCUT2D eigenvalue weighted by atomic mass is 32.1. The maximum absolute atomic E-state index is 3.53. The zero-order valence-electron chi connectivity index (χ0n) is 11.4. The molecule has 1 aromatic heterocycles. The average Bonchev–Trinajstić information content (AvgIpc) is 3.03. The summed E-state index contributed by atoms with van der Waals surface area (Å²) in [7, 11) is 0. The van der Waals surface area contributed by atoms with E-state index in [0.29, 0.717) is 6.04 Å². The van der Waals surface area contributed by atoms with Crippen molar-refractivity contribution in [1.29, 1.82) is 0 Å². The number of rotatable bonds is 4. The molecule has 0 spiro atoms. The highest BCUT2D eigenvalue weighted by Crippen LogP contribution is 2.25. The van der Waals surface area contributed by atoms with E-state index in [1.807, 2.05) is 6.07 Å². The Labute approximate surface area is 123 Å². The van der Waals surface area contributed by atoms with Gasteiger partial charge in [-0.05, 0) is 41.6 Å². The fraction of sp³-hybridized carbons (Fsp3) is 0.111. The summed E-state index contributed by atoms with van der Waals surface area (Å²) in [5.74, 6) is 0. The van der Waals surface area contributed by atoms with Gasteiger partial charge in [-0.25, -0.2) is 0 Å². The number of thiophene rings is 1. The Hall–Kier alpha value is -2.06. The molecule has 0 aliphatic heterocycles. The summed E-state index contributed by atoms with van der Waals surface area (Å²) in [6.45, 7) is 2.19. The molecule has 100 valence electrons. The van der Waals surface area contributed by atoms with E-state index in [9.17, 15) is 0 Å². The molecular formula is C18H17NS. The molecule has 2 heteroatoms. The number of benzene rings is 2. The van der Waals surface area contributed by atoms with Gasteiger partial charge in [0.25, 0.3) is 0 Å². The third kappa shape index (κ3) is 2.91. The molecule has 1 N–H and O–H groups in total. The van der Waals surface area contributed by atoms with Gasteiger partial charge in [-0.1, -0.05) is 48.5 Å². The van der Waals surface area contributed by atoms with Gasteiger partial charge in [0, 0.05) is 10.6 Å². The van der Waals surface area contributed by atoms with Crippen LogP contribution in [0.1, 0.15) is 17.8 Å². The van der Waals surface area contributed by atoms with Gasteiger partial charge in [0.2, 0.25) is 0 Å². The van der Waals surface area contributed by atoms with Gasteiger partial charge < -0.3 is 5.32 Å². The molecule has 1 heterocycles. The highest BCUT2D eigenvalue weighted by molar-refractivity contribution is 7.10. The SMILES string of the molecule is CC(Nc1ccc(-c2ccccc2)cc1)c1cccs1. The summed E-state index contributed by atoms with van der Waals surface area (Å²) in [6.07, 6.45) is 0. The molecule has 0 radical (unpaired) electrons. The van der Waals surface area contributed by atoms with Gasteiger partial charge in [-0.15, -0.1) is 11.3 Å². The lowest BCUT2D eigenvalue weighted by molar-refractivity contribution is 0.908. The van der Waals surface area contributed by atoms with Crippen molar-refractivity contribution >= 4 is 17.0 Å². The summed E-state index contributed by atoms with van der Waals surface area (Å²) in [5.41, 5.74) is 3.66. The third-order valence-corrected chi connectivity index (χ3v) is 4.40. The smallest absolute Gasteiger partial charge is 0.0578 e. The Balaban J connectivity index is 1.74. The minimum Gasteiger partial charge on any atom is -0.378 e. The average molecular weight is 279 g/mol. The molecule has 0 aliphatic carbocycles. The molecule has 0 saturated carbocycles. The second kappa shape index (κ2) is 5.93. The molecule has 0 saturated heterocycles. The van der Waals surface area contributed by atoms with E-state index in [4.69, 9.17) is 0 Å². The van der Waals surface area contributed by atoms with Crippen molar-refractivity contribution in [2.45, 2.75) is 13.0 Å². The molecule has 0 fully saturated rings. The van der Waals surface area contributed by atoms with E-state index in [2.05, 4.69) is 78.3 Å². The number of nitrogens with one attached hydrogen (secondary N) is 1. The minimum atomic E-state index is 0.345. The maximum Gasteiger partial charge on any atom is 0.0578 e. The summed E-state index contributed by atoms with van der Waals surface area (Å²) < 4.78 is 0. The molecule has 20 heavy (non-hydrogen) atoms. The van der Waals surface area contributed by atoms with Crippen molar-refractivity contribution in [2.24, 2.45) is 0 Å². The van der Waals surface area contributed by atoms with Crippen molar-refractivity contribution in [3.05, 3.63) is 77.0 Å². The first kappa shape index (κ1) is 12.9. The van der Waals surface area contributed by atoms with Crippen LogP contribution in [0.3, 0.4) is 0 Å². The predicted octanol–water partition coefficient (Wildman–Crippen LogP) is 5.59. The molecule has 0 bridgehead atoms. The van der Waals surface area contributed by atoms with Crippen LogP contribution in [0.15, 0.2) is 72.1 Å². The van der Waals surface area contributed by atoms with Gasteiger partial charge in [0.1, 0.15) is 0 Å². The Bertz CT molecular complexity index is 642. The molecule has 1 unspecified atom stereocenters. The van der Waals surface area contributed by atoms with Gasteiger partial charge in [0.05, 0.1) is 6.04 Å². The molecule has 0 amide bonds. The second-order valence-electron chi connectivity index (χ2n) is 4.82. The number of hydrogen-bond donors (Lipinski definition) is 1. The lowest BCUT2D eigenvalue weighted by atomic mass is 10.1. The van der Waals surface area contributed by atoms with Gasteiger partial charge in [0.15, 0.2) is 0 Å². The lowest BCUT2D eigenvalue weighted by Crippen LogP contribution is -2.04. The summed E-state index contributed by atoms with van der Waals surface area (Å²) >= 11 is 1.79. The van der Waals surface area contributed by atoms with Crippen molar-refractivity contribution in [1.82, 2.24) is 0 Å². The minimum absolute atomic E-state index is 0.345. The van der Waals surface area contributed by atoms with E-state index in [-0.39, 0.29) is 0 Å². The molecular weight excluding hydrogens is 262 g/mol. The van der Waals surface area contributed by atoms with E-state index >= 15 is 0 Å². The second-order valence-corrected chi connectivity index (χ2v) is 5.80. The zero-order valence-corrected chi connectivity index (χ0v) is 12.2. The summed E-state index contributed by atoms with van der Waals surface area (Å²) in [4.78, 5) is 1.36. The largest absolute Gasteiger partial charge is 0.378 e. The van der Waals surface area contributed by atoms with Crippen LogP contribution in [-0.2, 0) is 0 Å². The zero-order chi connectivity index (χ0) is 13.8. The fourth-order valence-corrected chi connectivity index (χ4v) is 2.98. The van der Waals surface area contributed by atoms with Crippen molar-refractivity contribution in [3.8, 4) is 11.1 Å². The Kier molecular flexibility index (Phi) is 3.84. The van der Waals surface area contributed by atoms with Crippen molar-refractivity contribution < 1.29 is 0 Å². The van der Waals surface area contributed by atoms with E-state index in [1.54, 1.807) is 11.3 Å². The number of anilines is 1. The third-order valence-electron chi connectivity index (χ3n) is 3.35. The highest BCUT2D eigenvalue weighted by Gasteiger charge is 2.06. The van der Waals surface area contributed by atoms with Crippen LogP contribution < -0.4 is 5.32 Å². The van der Waals surface area contributed by atoms with E-state index in [1.165, 1.54) is 16.0 Å². The maximum atomic E-state index is 3.53. The standard InChI is InChI=1S/C18H17NS/c1-14(18-8-5-13-20-18)19-17-11-9-16(10-12-17)15-6-3-2-4-7-15/h2-14,19H,1H3. The normalized spacial score (nSPS) is 12.1. The van der Waals surface area contributed by atoms with Gasteiger partial charge in [-0.3, -0.25) is 0 Å². The van der Waals surface area contributed by atoms with Crippen LogP contribution in [0.2, 0.25) is 0 Å². The fourth-order valence-electron chi connectivity index (χ4n) is 2.25. The van der Waals surface area contributed by atoms with Crippen LogP contribution in [-0.4, -0.2) is 0 Å². The Morgan fingerprint density at radius 3 is 2.15 bits per heavy atom. The van der Waals surface area contributed by atoms with Crippen molar-refractivity contribution in [3.63, 3.8) is 0 Å². The predicted molar refractivity (Wildman–Crippen MR) is 88.2 cm³/mol. The molecule has 2 aromatic carbocycles. The topological polar surface area (TPSA) is 12.0 Å². The van der Waals surface area contributed by atoms with Crippen LogP contribution in [0.5, 0.6) is 0 Å². The first-order valence-corrected chi connectivity index (χ1v) is 7.66. The molecule has 3 rings (SSSR count). The molecule has 1 atom stereocenters. The van der Waals surface area contributed by atoms with Crippen LogP contribution in [0, 0.1) is 0 Å². The Morgan fingerprint density at radius 1 is 0.800 bits per heavy atom. The quantitative estimate of drug-likeness (QED) is 0.656. The first-order chi connectivity index (χ1) is 9.83. The van der Waals surface area contributed by atoms with Crippen LogP contribution >= 0.6 is 11.3 Å². The van der Waals surface area contributed by atoms with E-state index in [0.717, 1.165) is 5.69 Å². The van der Waals surface area contributed by atoms with Crippen LogP contribution in [0.25, 0.3) is 11.1 Å². The first-order valence-electron chi connectivity index (χ1n) is 6.78. The van der Waals surface area contributed by atoms with Gasteiger partial charge in [-0.2, -0.15) is 0 Å². The summed E-state index contributed by atoms with van der Waals surface area (Å²) in [6, 6.07) is 23.7.